The van der Waals surface area contributed by atoms with Crippen LogP contribution in [0.5, 0.6) is 5.75 Å². The molecule has 0 amide bonds. The Kier molecular flexibility index (Phi) is 3.82. The van der Waals surface area contributed by atoms with Crippen molar-refractivity contribution in [3.05, 3.63) is 28.6 Å². The SMILES string of the molecule is CC(C)Oc1ccc2nc(N3CCCCC3)[nH]c(=O)c2c1. The molecule has 0 bridgehead atoms. The Morgan fingerprint density at radius 2 is 2.00 bits per heavy atom. The van der Waals surface area contributed by atoms with E-state index in [2.05, 4.69) is 14.9 Å². The van der Waals surface area contributed by atoms with Crippen molar-refractivity contribution in [3.8, 4) is 5.75 Å². The van der Waals surface area contributed by atoms with Crippen LogP contribution in [0.25, 0.3) is 10.9 Å². The normalized spacial score (nSPS) is 15.7. The lowest BCUT2D eigenvalue weighted by Gasteiger charge is -2.27. The molecule has 1 N–H and O–H groups in total. The molecule has 1 aliphatic heterocycles. The van der Waals surface area contributed by atoms with E-state index in [1.54, 1.807) is 6.07 Å². The summed E-state index contributed by atoms with van der Waals surface area (Å²) in [5, 5.41) is 0.578. The summed E-state index contributed by atoms with van der Waals surface area (Å²) in [7, 11) is 0. The number of anilines is 1. The van der Waals surface area contributed by atoms with Gasteiger partial charge >= 0.3 is 0 Å². The molecule has 21 heavy (non-hydrogen) atoms. The second-order valence-corrected chi connectivity index (χ2v) is 5.78. The Bertz CT molecular complexity index is 687. The monoisotopic (exact) mass is 287 g/mol. The average Bonchev–Trinajstić information content (AvgIpc) is 2.48. The number of nitrogens with zero attached hydrogens (tertiary/aromatic N) is 2. The van der Waals surface area contributed by atoms with E-state index in [9.17, 15) is 4.79 Å². The summed E-state index contributed by atoms with van der Waals surface area (Å²) in [6.45, 7) is 5.85. The minimum absolute atomic E-state index is 0.0853. The quantitative estimate of drug-likeness (QED) is 0.943. The lowest BCUT2D eigenvalue weighted by Crippen LogP contribution is -2.32. The van der Waals surface area contributed by atoms with Crippen LogP contribution in [0.15, 0.2) is 23.0 Å². The number of H-pyrrole nitrogens is 1. The Morgan fingerprint density at radius 3 is 2.71 bits per heavy atom. The van der Waals surface area contributed by atoms with Gasteiger partial charge in [-0.25, -0.2) is 4.98 Å². The van der Waals surface area contributed by atoms with Crippen LogP contribution in [-0.4, -0.2) is 29.2 Å². The number of rotatable bonds is 3. The lowest BCUT2D eigenvalue weighted by molar-refractivity contribution is 0.242. The number of hydrogen-bond acceptors (Lipinski definition) is 4. The number of benzene rings is 1. The number of aromatic amines is 1. The maximum absolute atomic E-state index is 12.3. The third-order valence-electron chi connectivity index (χ3n) is 3.69. The van der Waals surface area contributed by atoms with Crippen molar-refractivity contribution in [1.29, 1.82) is 0 Å². The molecule has 0 unspecified atom stereocenters. The molecule has 1 fully saturated rings. The molecule has 1 aromatic carbocycles. The van der Waals surface area contributed by atoms with E-state index < -0.39 is 0 Å². The Balaban J connectivity index is 1.98. The second-order valence-electron chi connectivity index (χ2n) is 5.78. The third kappa shape index (κ3) is 3.01. The predicted octanol–water partition coefficient (Wildman–Crippen LogP) is 2.70. The Morgan fingerprint density at radius 1 is 1.24 bits per heavy atom. The van der Waals surface area contributed by atoms with Crippen molar-refractivity contribution < 1.29 is 4.74 Å². The highest BCUT2D eigenvalue weighted by Gasteiger charge is 2.14. The summed E-state index contributed by atoms with van der Waals surface area (Å²) in [5.41, 5.74) is 0.616. The van der Waals surface area contributed by atoms with Crippen molar-refractivity contribution >= 4 is 16.9 Å². The first kappa shape index (κ1) is 13.9. The fraction of sp³-hybridized carbons (Fsp3) is 0.500. The molecule has 0 spiro atoms. The first-order chi connectivity index (χ1) is 10.1. The summed E-state index contributed by atoms with van der Waals surface area (Å²) >= 11 is 0. The summed E-state index contributed by atoms with van der Waals surface area (Å²) in [4.78, 5) is 22.0. The van der Waals surface area contributed by atoms with Gasteiger partial charge in [0.05, 0.1) is 17.0 Å². The summed E-state index contributed by atoms with van der Waals surface area (Å²) < 4.78 is 5.63. The van der Waals surface area contributed by atoms with Gasteiger partial charge in [0, 0.05) is 13.1 Å². The molecule has 0 aliphatic carbocycles. The summed E-state index contributed by atoms with van der Waals surface area (Å²) in [6, 6.07) is 5.49. The zero-order valence-electron chi connectivity index (χ0n) is 12.6. The van der Waals surface area contributed by atoms with Crippen molar-refractivity contribution in [1.82, 2.24) is 9.97 Å². The van der Waals surface area contributed by atoms with Gasteiger partial charge < -0.3 is 9.64 Å². The Labute approximate surface area is 124 Å². The zero-order valence-corrected chi connectivity index (χ0v) is 12.6. The molecule has 5 nitrogen and oxygen atoms in total. The van der Waals surface area contributed by atoms with Crippen LogP contribution in [0, 0.1) is 0 Å². The van der Waals surface area contributed by atoms with Crippen LogP contribution in [0.4, 0.5) is 5.95 Å². The largest absolute Gasteiger partial charge is 0.491 e. The molecule has 3 rings (SSSR count). The molecule has 2 aromatic rings. The fourth-order valence-corrected chi connectivity index (χ4v) is 2.71. The van der Waals surface area contributed by atoms with Gasteiger partial charge in [-0.3, -0.25) is 9.78 Å². The molecule has 2 heterocycles. The molecule has 1 aliphatic rings. The number of fused-ring (bicyclic) bond motifs is 1. The average molecular weight is 287 g/mol. The lowest BCUT2D eigenvalue weighted by atomic mass is 10.1. The molecule has 1 aromatic heterocycles. The van der Waals surface area contributed by atoms with Gasteiger partial charge in [-0.05, 0) is 51.3 Å². The first-order valence-corrected chi connectivity index (χ1v) is 7.59. The highest BCUT2D eigenvalue weighted by Crippen LogP contribution is 2.21. The second kappa shape index (κ2) is 5.76. The highest BCUT2D eigenvalue weighted by atomic mass is 16.5. The van der Waals surface area contributed by atoms with E-state index in [0.29, 0.717) is 17.1 Å². The summed E-state index contributed by atoms with van der Waals surface area (Å²) in [6.07, 6.45) is 3.65. The molecule has 0 atom stereocenters. The number of hydrogen-bond donors (Lipinski definition) is 1. The number of ether oxygens (including phenoxy) is 1. The van der Waals surface area contributed by atoms with Crippen LogP contribution in [-0.2, 0) is 0 Å². The minimum atomic E-state index is -0.102. The van der Waals surface area contributed by atoms with Crippen LogP contribution >= 0.6 is 0 Å². The van der Waals surface area contributed by atoms with Crippen LogP contribution in [0.1, 0.15) is 33.1 Å². The van der Waals surface area contributed by atoms with Crippen molar-refractivity contribution in [2.45, 2.75) is 39.2 Å². The predicted molar refractivity (Wildman–Crippen MR) is 84.2 cm³/mol. The molecule has 1 saturated heterocycles. The van der Waals surface area contributed by atoms with E-state index in [1.165, 1.54) is 6.42 Å². The standard InChI is InChI=1S/C16H21N3O2/c1-11(2)21-12-6-7-14-13(10-12)15(20)18-16(17-14)19-8-4-3-5-9-19/h6-7,10-11H,3-5,8-9H2,1-2H3,(H,17,18,20). The van der Waals surface area contributed by atoms with Crippen molar-refractivity contribution in [2.75, 3.05) is 18.0 Å². The molecule has 5 heteroatoms. The molecular weight excluding hydrogens is 266 g/mol. The van der Waals surface area contributed by atoms with Gasteiger partial charge in [0.25, 0.3) is 5.56 Å². The van der Waals surface area contributed by atoms with Gasteiger partial charge in [0.2, 0.25) is 5.95 Å². The maximum atomic E-state index is 12.3. The molecular formula is C16H21N3O2. The number of aromatic nitrogens is 2. The molecule has 112 valence electrons. The third-order valence-corrected chi connectivity index (χ3v) is 3.69. The van der Waals surface area contributed by atoms with E-state index in [0.717, 1.165) is 31.4 Å². The first-order valence-electron chi connectivity index (χ1n) is 7.59. The highest BCUT2D eigenvalue weighted by molar-refractivity contribution is 5.80. The summed E-state index contributed by atoms with van der Waals surface area (Å²) in [5.74, 6) is 1.39. The topological polar surface area (TPSA) is 58.2 Å². The van der Waals surface area contributed by atoms with E-state index >= 15 is 0 Å². The van der Waals surface area contributed by atoms with Gasteiger partial charge in [-0.1, -0.05) is 0 Å². The van der Waals surface area contributed by atoms with Crippen molar-refractivity contribution in [2.24, 2.45) is 0 Å². The molecule has 0 radical (unpaired) electrons. The van der Waals surface area contributed by atoms with Gasteiger partial charge in [0.1, 0.15) is 5.75 Å². The van der Waals surface area contributed by atoms with Crippen molar-refractivity contribution in [3.63, 3.8) is 0 Å². The zero-order chi connectivity index (χ0) is 14.8. The van der Waals surface area contributed by atoms with Crippen LogP contribution in [0.2, 0.25) is 0 Å². The fourth-order valence-electron chi connectivity index (χ4n) is 2.71. The van der Waals surface area contributed by atoms with E-state index in [1.807, 2.05) is 26.0 Å². The van der Waals surface area contributed by atoms with Crippen LogP contribution in [0.3, 0.4) is 0 Å². The minimum Gasteiger partial charge on any atom is -0.491 e. The van der Waals surface area contributed by atoms with E-state index in [4.69, 9.17) is 4.74 Å². The van der Waals surface area contributed by atoms with Gasteiger partial charge in [-0.2, -0.15) is 0 Å². The molecule has 0 saturated carbocycles. The number of nitrogens with one attached hydrogen (secondary N) is 1. The van der Waals surface area contributed by atoms with Gasteiger partial charge in [-0.15, -0.1) is 0 Å². The van der Waals surface area contributed by atoms with Crippen LogP contribution < -0.4 is 15.2 Å². The van der Waals surface area contributed by atoms with E-state index in [-0.39, 0.29) is 11.7 Å². The smallest absolute Gasteiger partial charge is 0.260 e. The maximum Gasteiger partial charge on any atom is 0.260 e. The van der Waals surface area contributed by atoms with Gasteiger partial charge in [0.15, 0.2) is 0 Å². The Hall–Kier alpha value is -2.04. The number of piperidine rings is 1.